The van der Waals surface area contributed by atoms with E-state index in [0.29, 0.717) is 13.0 Å². The van der Waals surface area contributed by atoms with Crippen molar-refractivity contribution in [3.05, 3.63) is 24.3 Å². The van der Waals surface area contributed by atoms with Crippen LogP contribution in [0.1, 0.15) is 168 Å². The van der Waals surface area contributed by atoms with Crippen LogP contribution in [0, 0.1) is 0 Å². The molecule has 0 saturated carbocycles. The summed E-state index contributed by atoms with van der Waals surface area (Å²) >= 11 is 0. The first-order valence-electron chi connectivity index (χ1n) is 21.1. The highest BCUT2D eigenvalue weighted by molar-refractivity contribution is 7.80. The molecule has 4 N–H and O–H groups in total. The molecule has 0 bridgehead atoms. The zero-order valence-corrected chi connectivity index (χ0v) is 34.4. The molecule has 0 aromatic carbocycles. The van der Waals surface area contributed by atoms with Crippen LogP contribution in [0.25, 0.3) is 0 Å². The van der Waals surface area contributed by atoms with Gasteiger partial charge in [-0.15, -0.1) is 0 Å². The molecule has 0 aromatic heterocycles. The number of aliphatic hydroxyl groups is 3. The summed E-state index contributed by atoms with van der Waals surface area (Å²) in [7, 11) is -5.04. The lowest BCUT2D eigenvalue weighted by atomic mass is 9.99. The SMILES string of the molecule is CCCCCCC/C=C\C/C=C\CCCCCCCCCCCCCCCCOCC(COC1OC(CO)C(O)C(OS(=O)(=O)O)C1O)OC(=O)CCC. The summed E-state index contributed by atoms with van der Waals surface area (Å²) in [6.45, 7) is 3.58. The third-order valence-corrected chi connectivity index (χ3v) is 10.0. The number of ether oxygens (including phenoxy) is 4. The molecule has 1 rings (SSSR count). The minimum absolute atomic E-state index is 0.0318. The van der Waals surface area contributed by atoms with Gasteiger partial charge >= 0.3 is 16.4 Å². The fourth-order valence-corrected chi connectivity index (χ4v) is 6.90. The van der Waals surface area contributed by atoms with Crippen molar-refractivity contribution in [2.24, 2.45) is 0 Å². The van der Waals surface area contributed by atoms with Crippen LogP contribution < -0.4 is 0 Å². The summed E-state index contributed by atoms with van der Waals surface area (Å²) in [5.41, 5.74) is 0. The minimum Gasteiger partial charge on any atom is -0.457 e. The van der Waals surface area contributed by atoms with E-state index >= 15 is 0 Å². The lowest BCUT2D eigenvalue weighted by Gasteiger charge is -2.41. The van der Waals surface area contributed by atoms with Gasteiger partial charge in [0.25, 0.3) is 0 Å². The van der Waals surface area contributed by atoms with Crippen molar-refractivity contribution in [1.29, 1.82) is 0 Å². The molecule has 13 heteroatoms. The number of carbonyl (C=O) groups is 1. The maximum atomic E-state index is 12.2. The molecule has 0 radical (unpaired) electrons. The fraction of sp³-hybridized carbons (Fsp3) is 0.878. The van der Waals surface area contributed by atoms with Crippen molar-refractivity contribution in [1.82, 2.24) is 0 Å². The van der Waals surface area contributed by atoms with Gasteiger partial charge < -0.3 is 34.3 Å². The smallest absolute Gasteiger partial charge is 0.397 e. The van der Waals surface area contributed by atoms with Crippen molar-refractivity contribution >= 4 is 16.4 Å². The summed E-state index contributed by atoms with van der Waals surface area (Å²) in [4.78, 5) is 12.2. The van der Waals surface area contributed by atoms with E-state index in [2.05, 4.69) is 35.4 Å². The molecule has 6 unspecified atom stereocenters. The summed E-state index contributed by atoms with van der Waals surface area (Å²) in [5.74, 6) is -0.451. The topological polar surface area (TPSA) is 178 Å². The Kier molecular flexibility index (Phi) is 31.6. The molecule has 0 amide bonds. The standard InChI is InChI=1S/C41H76O12S/c1-3-5-6-7-8-9-10-11-12-13-14-15-16-17-18-19-20-21-22-23-24-25-26-27-28-29-31-49-33-35(51-37(43)30-4-2)34-50-41-39(45)40(53-54(46,47)48)38(44)36(32-42)52-41/h10-11,13-14,35-36,38-42,44-45H,3-9,12,15-34H2,1-2H3,(H,46,47,48)/b11-10-,14-13-. The predicted molar refractivity (Wildman–Crippen MR) is 211 cm³/mol. The Morgan fingerprint density at radius 1 is 0.704 bits per heavy atom. The Labute approximate surface area is 327 Å². The van der Waals surface area contributed by atoms with Crippen molar-refractivity contribution < 1.29 is 56.2 Å². The van der Waals surface area contributed by atoms with E-state index in [-0.39, 0.29) is 19.6 Å². The van der Waals surface area contributed by atoms with E-state index in [0.717, 1.165) is 25.7 Å². The molecule has 1 saturated heterocycles. The van der Waals surface area contributed by atoms with Crippen LogP contribution in [-0.4, -0.2) is 97.5 Å². The largest absolute Gasteiger partial charge is 0.457 e. The number of hydrogen-bond donors (Lipinski definition) is 4. The Bertz CT molecular complexity index is 1050. The second kappa shape index (κ2) is 33.7. The zero-order valence-electron chi connectivity index (χ0n) is 33.5. The average Bonchev–Trinajstić information content (AvgIpc) is 3.13. The van der Waals surface area contributed by atoms with Gasteiger partial charge in [0, 0.05) is 13.0 Å². The maximum Gasteiger partial charge on any atom is 0.397 e. The molecule has 1 aliphatic rings. The van der Waals surface area contributed by atoms with Gasteiger partial charge in [-0.3, -0.25) is 9.35 Å². The van der Waals surface area contributed by atoms with Crippen LogP contribution in [0.15, 0.2) is 24.3 Å². The molecule has 0 aromatic rings. The van der Waals surface area contributed by atoms with Gasteiger partial charge in [0.2, 0.25) is 0 Å². The number of unbranched alkanes of at least 4 members (excludes halogenated alkanes) is 19. The van der Waals surface area contributed by atoms with E-state index in [1.807, 2.05) is 6.92 Å². The maximum absolute atomic E-state index is 12.2. The van der Waals surface area contributed by atoms with Gasteiger partial charge in [-0.2, -0.15) is 8.42 Å². The third-order valence-electron chi connectivity index (χ3n) is 9.55. The van der Waals surface area contributed by atoms with Gasteiger partial charge in [-0.05, 0) is 44.9 Å². The number of carbonyl (C=O) groups excluding carboxylic acids is 1. The second-order valence-corrected chi connectivity index (χ2v) is 15.6. The summed E-state index contributed by atoms with van der Waals surface area (Å²) in [6, 6.07) is 0. The minimum atomic E-state index is -5.04. The average molecular weight is 793 g/mol. The lowest BCUT2D eigenvalue weighted by Crippen LogP contribution is -2.60. The number of rotatable bonds is 36. The molecule has 318 valence electrons. The van der Waals surface area contributed by atoms with E-state index < -0.39 is 59.8 Å². The molecule has 0 aliphatic carbocycles. The van der Waals surface area contributed by atoms with Crippen molar-refractivity contribution in [2.75, 3.05) is 26.4 Å². The van der Waals surface area contributed by atoms with E-state index in [9.17, 15) is 28.5 Å². The quantitative estimate of drug-likeness (QED) is 0.0208. The number of allylic oxidation sites excluding steroid dienone is 4. The van der Waals surface area contributed by atoms with E-state index in [4.69, 9.17) is 23.5 Å². The molecule has 54 heavy (non-hydrogen) atoms. The highest BCUT2D eigenvalue weighted by Crippen LogP contribution is 2.26. The van der Waals surface area contributed by atoms with Crippen LogP contribution in [-0.2, 0) is 38.3 Å². The first-order chi connectivity index (χ1) is 26.1. The van der Waals surface area contributed by atoms with Crippen LogP contribution in [0.3, 0.4) is 0 Å². The monoisotopic (exact) mass is 793 g/mol. The summed E-state index contributed by atoms with van der Waals surface area (Å²) in [6.07, 6.45) is 28.6. The van der Waals surface area contributed by atoms with Gasteiger partial charge in [-0.1, -0.05) is 141 Å². The molecule has 0 spiro atoms. The molecular weight excluding hydrogens is 717 g/mol. The second-order valence-electron chi connectivity index (χ2n) is 14.6. The van der Waals surface area contributed by atoms with Crippen LogP contribution in [0.4, 0.5) is 0 Å². The van der Waals surface area contributed by atoms with Crippen molar-refractivity contribution in [3.63, 3.8) is 0 Å². The van der Waals surface area contributed by atoms with Crippen LogP contribution >= 0.6 is 0 Å². The highest BCUT2D eigenvalue weighted by Gasteiger charge is 2.48. The molecule has 1 fully saturated rings. The molecule has 6 atom stereocenters. The van der Waals surface area contributed by atoms with E-state index in [1.54, 1.807) is 0 Å². The van der Waals surface area contributed by atoms with E-state index in [1.165, 1.54) is 116 Å². The molecular formula is C41H76O12S. The zero-order chi connectivity index (χ0) is 39.7. The Morgan fingerprint density at radius 2 is 1.22 bits per heavy atom. The molecule has 1 aliphatic heterocycles. The van der Waals surface area contributed by atoms with Gasteiger partial charge in [-0.25, -0.2) is 4.18 Å². The Hall–Kier alpha value is -1.42. The molecule has 1 heterocycles. The number of aliphatic hydroxyl groups excluding tert-OH is 3. The first kappa shape index (κ1) is 50.6. The fourth-order valence-electron chi connectivity index (χ4n) is 6.39. The Morgan fingerprint density at radius 3 is 1.72 bits per heavy atom. The Balaban J connectivity index is 2.09. The van der Waals surface area contributed by atoms with Crippen LogP contribution in [0.5, 0.6) is 0 Å². The predicted octanol–water partition coefficient (Wildman–Crippen LogP) is 8.07. The highest BCUT2D eigenvalue weighted by atomic mass is 32.3. The summed E-state index contributed by atoms with van der Waals surface area (Å²) in [5, 5.41) is 30.2. The van der Waals surface area contributed by atoms with Crippen molar-refractivity contribution in [2.45, 2.75) is 205 Å². The van der Waals surface area contributed by atoms with Gasteiger partial charge in [0.15, 0.2) is 6.29 Å². The normalized spacial score (nSPS) is 21.3. The third kappa shape index (κ3) is 27.2. The van der Waals surface area contributed by atoms with Crippen LogP contribution in [0.2, 0.25) is 0 Å². The first-order valence-corrected chi connectivity index (χ1v) is 22.5. The number of hydrogen-bond acceptors (Lipinski definition) is 11. The number of esters is 1. The van der Waals surface area contributed by atoms with Crippen molar-refractivity contribution in [3.8, 4) is 0 Å². The lowest BCUT2D eigenvalue weighted by molar-refractivity contribution is -0.301. The van der Waals surface area contributed by atoms with Gasteiger partial charge in [0.05, 0.1) is 19.8 Å². The summed E-state index contributed by atoms with van der Waals surface area (Å²) < 4.78 is 58.0. The molecule has 12 nitrogen and oxygen atoms in total. The van der Waals surface area contributed by atoms with Gasteiger partial charge in [0.1, 0.15) is 30.5 Å².